The quantitative estimate of drug-likeness (QED) is 0.0970. The SMILES string of the molecule is C.COC(=O)c1cc([C@@H](O)CN(CCc2ccc(Nc3ccc(OC)c(-c4ccccc4)c3)cc2)Cc2ccccc2)ccc1OCc1ccccc1. The average Bonchev–Trinajstić information content (AvgIpc) is 3.20. The molecule has 0 aromatic heterocycles. The van der Waals surface area contributed by atoms with Gasteiger partial charge in [-0.1, -0.05) is 117 Å². The van der Waals surface area contributed by atoms with Gasteiger partial charge in [0, 0.05) is 36.6 Å². The van der Waals surface area contributed by atoms with Gasteiger partial charge >= 0.3 is 5.97 Å². The number of ether oxygens (including phenoxy) is 3. The molecule has 0 radical (unpaired) electrons. The van der Waals surface area contributed by atoms with Crippen LogP contribution in [0.2, 0.25) is 0 Å². The summed E-state index contributed by atoms with van der Waals surface area (Å²) in [6.45, 7) is 2.08. The number of nitrogens with zero attached hydrogens (tertiary/aromatic N) is 1. The predicted molar refractivity (Wildman–Crippen MR) is 214 cm³/mol. The molecule has 0 unspecified atom stereocenters. The fourth-order valence-corrected chi connectivity index (χ4v) is 6.15. The first-order valence-electron chi connectivity index (χ1n) is 17.4. The fourth-order valence-electron chi connectivity index (χ4n) is 6.15. The maximum Gasteiger partial charge on any atom is 0.341 e. The first kappa shape index (κ1) is 38.3. The molecular formula is C46H48N2O5. The third-order valence-electron chi connectivity index (χ3n) is 8.95. The first-order valence-corrected chi connectivity index (χ1v) is 17.4. The third-order valence-corrected chi connectivity index (χ3v) is 8.95. The summed E-state index contributed by atoms with van der Waals surface area (Å²) in [7, 11) is 3.04. The Hall–Kier alpha value is -5.89. The molecule has 7 heteroatoms. The van der Waals surface area contributed by atoms with Gasteiger partial charge in [-0.05, 0) is 76.7 Å². The van der Waals surface area contributed by atoms with Crippen LogP contribution in [0.4, 0.5) is 11.4 Å². The second kappa shape index (κ2) is 19.1. The number of nitrogens with one attached hydrogen (secondary N) is 1. The van der Waals surface area contributed by atoms with Crippen molar-refractivity contribution in [1.29, 1.82) is 0 Å². The van der Waals surface area contributed by atoms with Crippen LogP contribution in [0.3, 0.4) is 0 Å². The van der Waals surface area contributed by atoms with Gasteiger partial charge in [0.15, 0.2) is 0 Å². The normalized spacial score (nSPS) is 11.3. The van der Waals surface area contributed by atoms with Crippen molar-refractivity contribution in [2.45, 2.75) is 33.1 Å². The molecule has 6 aromatic rings. The standard InChI is InChI=1S/C45H44N2O5.CH4/c1-50-43-25-23-39(29-40(43)36-16-10-5-11-17-36)46-38-21-18-33(19-22-38)26-27-47(30-34-12-6-3-7-13-34)31-42(48)37-20-24-44(41(28-37)45(49)51-2)52-32-35-14-8-4-9-15-35;/h3-25,28-29,42,46,48H,26-27,30-32H2,1-2H3;1H4/t42-;/m0./s1. The highest BCUT2D eigenvalue weighted by Gasteiger charge is 2.20. The smallest absolute Gasteiger partial charge is 0.341 e. The number of benzene rings is 6. The van der Waals surface area contributed by atoms with Crippen molar-refractivity contribution < 1.29 is 24.1 Å². The minimum atomic E-state index is -0.841. The van der Waals surface area contributed by atoms with E-state index in [1.807, 2.05) is 84.9 Å². The van der Waals surface area contributed by atoms with Gasteiger partial charge in [-0.2, -0.15) is 0 Å². The molecule has 0 aliphatic carbocycles. The predicted octanol–water partition coefficient (Wildman–Crippen LogP) is 9.89. The van der Waals surface area contributed by atoms with Crippen molar-refractivity contribution >= 4 is 17.3 Å². The van der Waals surface area contributed by atoms with Crippen LogP contribution >= 0.6 is 0 Å². The summed E-state index contributed by atoms with van der Waals surface area (Å²) in [5.74, 6) is 0.722. The van der Waals surface area contributed by atoms with Gasteiger partial charge in [0.05, 0.1) is 20.3 Å². The highest BCUT2D eigenvalue weighted by atomic mass is 16.5. The second-order valence-electron chi connectivity index (χ2n) is 12.6. The van der Waals surface area contributed by atoms with Crippen LogP contribution in [0.15, 0.2) is 152 Å². The number of carbonyl (C=O) groups is 1. The number of hydrogen-bond acceptors (Lipinski definition) is 7. The molecule has 0 amide bonds. The average molecular weight is 709 g/mol. The molecule has 2 N–H and O–H groups in total. The van der Waals surface area contributed by atoms with Crippen LogP contribution in [0, 0.1) is 0 Å². The van der Waals surface area contributed by atoms with Crippen LogP contribution in [0.1, 0.15) is 46.1 Å². The maximum absolute atomic E-state index is 12.8. The molecule has 0 heterocycles. The van der Waals surface area contributed by atoms with E-state index in [-0.39, 0.29) is 13.0 Å². The van der Waals surface area contributed by atoms with E-state index in [1.54, 1.807) is 19.2 Å². The molecule has 6 aromatic carbocycles. The lowest BCUT2D eigenvalue weighted by molar-refractivity contribution is 0.0594. The molecule has 0 saturated heterocycles. The highest BCUT2D eigenvalue weighted by molar-refractivity contribution is 5.92. The molecule has 0 fully saturated rings. The Labute approximate surface area is 313 Å². The lowest BCUT2D eigenvalue weighted by Crippen LogP contribution is -2.30. The maximum atomic E-state index is 12.8. The summed E-state index contributed by atoms with van der Waals surface area (Å²) in [6, 6.07) is 50.0. The van der Waals surface area contributed by atoms with Crippen molar-refractivity contribution in [3.63, 3.8) is 0 Å². The van der Waals surface area contributed by atoms with E-state index in [0.29, 0.717) is 31.0 Å². The first-order chi connectivity index (χ1) is 25.5. The molecule has 7 nitrogen and oxygen atoms in total. The zero-order valence-electron chi connectivity index (χ0n) is 29.6. The Morgan fingerprint density at radius 2 is 1.32 bits per heavy atom. The Morgan fingerprint density at radius 1 is 0.698 bits per heavy atom. The molecule has 272 valence electrons. The molecule has 0 aliphatic rings. The van der Waals surface area contributed by atoms with Crippen LogP contribution in [0.25, 0.3) is 11.1 Å². The van der Waals surface area contributed by atoms with Gasteiger partial charge in [-0.25, -0.2) is 4.79 Å². The number of methoxy groups -OCH3 is 2. The Morgan fingerprint density at radius 3 is 1.98 bits per heavy atom. The minimum Gasteiger partial charge on any atom is -0.496 e. The van der Waals surface area contributed by atoms with Crippen molar-refractivity contribution in [2.24, 2.45) is 0 Å². The number of aliphatic hydroxyl groups excluding tert-OH is 1. The van der Waals surface area contributed by atoms with E-state index in [1.165, 1.54) is 12.7 Å². The van der Waals surface area contributed by atoms with Crippen LogP contribution in [-0.2, 0) is 24.3 Å². The summed E-state index contributed by atoms with van der Waals surface area (Å²) >= 11 is 0. The summed E-state index contributed by atoms with van der Waals surface area (Å²) in [6.07, 6.45) is -0.0487. The molecule has 0 aliphatic heterocycles. The number of anilines is 2. The lowest BCUT2D eigenvalue weighted by atomic mass is 10.0. The summed E-state index contributed by atoms with van der Waals surface area (Å²) in [5, 5.41) is 15.0. The van der Waals surface area contributed by atoms with Crippen LogP contribution < -0.4 is 14.8 Å². The van der Waals surface area contributed by atoms with Crippen LogP contribution in [-0.4, -0.2) is 43.3 Å². The van der Waals surface area contributed by atoms with E-state index in [9.17, 15) is 9.90 Å². The monoisotopic (exact) mass is 708 g/mol. The largest absolute Gasteiger partial charge is 0.496 e. The molecule has 0 saturated carbocycles. The topological polar surface area (TPSA) is 80.3 Å². The van der Waals surface area contributed by atoms with Crippen LogP contribution in [0.5, 0.6) is 11.5 Å². The zero-order valence-corrected chi connectivity index (χ0v) is 29.6. The van der Waals surface area contributed by atoms with E-state index in [0.717, 1.165) is 52.3 Å². The molecule has 0 bridgehead atoms. The van der Waals surface area contributed by atoms with Crippen molar-refractivity contribution in [3.05, 3.63) is 179 Å². The van der Waals surface area contributed by atoms with Gasteiger partial charge < -0.3 is 24.6 Å². The number of esters is 1. The molecule has 0 spiro atoms. The molecule has 1 atom stereocenters. The van der Waals surface area contributed by atoms with E-state index in [4.69, 9.17) is 14.2 Å². The van der Waals surface area contributed by atoms with E-state index < -0.39 is 12.1 Å². The number of aliphatic hydroxyl groups is 1. The Kier molecular flexibility index (Phi) is 13.8. The van der Waals surface area contributed by atoms with Gasteiger partial charge in [-0.15, -0.1) is 0 Å². The third kappa shape index (κ3) is 10.6. The van der Waals surface area contributed by atoms with E-state index in [2.05, 4.69) is 64.8 Å². The van der Waals surface area contributed by atoms with Gasteiger partial charge in [0.2, 0.25) is 0 Å². The molecule has 53 heavy (non-hydrogen) atoms. The summed E-state index contributed by atoms with van der Waals surface area (Å²) in [5.41, 5.74) is 8.31. The van der Waals surface area contributed by atoms with Crippen molar-refractivity contribution in [3.8, 4) is 22.6 Å². The van der Waals surface area contributed by atoms with E-state index >= 15 is 0 Å². The van der Waals surface area contributed by atoms with Crippen molar-refractivity contribution in [2.75, 3.05) is 32.6 Å². The fraction of sp³-hybridized carbons (Fsp3) is 0.196. The minimum absolute atomic E-state index is 0. The lowest BCUT2D eigenvalue weighted by Gasteiger charge is -2.26. The number of carbonyl (C=O) groups excluding carboxylic acids is 1. The van der Waals surface area contributed by atoms with Crippen molar-refractivity contribution in [1.82, 2.24) is 4.90 Å². The molecular weight excluding hydrogens is 661 g/mol. The molecule has 6 rings (SSSR count). The highest BCUT2D eigenvalue weighted by Crippen LogP contribution is 2.33. The summed E-state index contributed by atoms with van der Waals surface area (Å²) in [4.78, 5) is 15.0. The number of hydrogen-bond donors (Lipinski definition) is 2. The van der Waals surface area contributed by atoms with Gasteiger partial charge in [-0.3, -0.25) is 4.90 Å². The Bertz CT molecular complexity index is 2020. The second-order valence-corrected chi connectivity index (χ2v) is 12.6. The Balaban J connectivity index is 0.00000541. The summed E-state index contributed by atoms with van der Waals surface area (Å²) < 4.78 is 16.7. The van der Waals surface area contributed by atoms with Gasteiger partial charge in [0.25, 0.3) is 0 Å². The zero-order chi connectivity index (χ0) is 36.1. The van der Waals surface area contributed by atoms with Gasteiger partial charge in [0.1, 0.15) is 23.7 Å². The number of rotatable bonds is 16.